The Morgan fingerprint density at radius 2 is 2.00 bits per heavy atom. The summed E-state index contributed by atoms with van der Waals surface area (Å²) in [7, 11) is 0. The third kappa shape index (κ3) is 2.70. The van der Waals surface area contributed by atoms with Crippen molar-refractivity contribution in [2.45, 2.75) is 12.5 Å². The third-order valence-electron chi connectivity index (χ3n) is 4.39. The Morgan fingerprint density at radius 1 is 1.16 bits per heavy atom. The molecule has 126 valence electrons. The van der Waals surface area contributed by atoms with Crippen LogP contribution in [0.4, 0.5) is 11.4 Å². The minimum atomic E-state index is -0.627. The zero-order valence-corrected chi connectivity index (χ0v) is 13.2. The zero-order valence-electron chi connectivity index (χ0n) is 13.2. The Bertz CT molecular complexity index is 979. The van der Waals surface area contributed by atoms with Crippen LogP contribution in [0.5, 0.6) is 0 Å². The van der Waals surface area contributed by atoms with Crippen molar-refractivity contribution in [2.75, 3.05) is 10.6 Å². The van der Waals surface area contributed by atoms with Crippen LogP contribution in [0.1, 0.15) is 15.9 Å². The second-order valence-corrected chi connectivity index (χ2v) is 5.95. The van der Waals surface area contributed by atoms with E-state index in [0.29, 0.717) is 12.1 Å². The maximum atomic E-state index is 12.4. The van der Waals surface area contributed by atoms with Crippen molar-refractivity contribution in [3.8, 4) is 0 Å². The topological polar surface area (TPSA) is 106 Å². The molecule has 0 spiro atoms. The third-order valence-corrected chi connectivity index (χ3v) is 4.39. The molecule has 1 aliphatic rings. The van der Waals surface area contributed by atoms with Gasteiger partial charge in [0, 0.05) is 29.1 Å². The Balaban J connectivity index is 1.59. The van der Waals surface area contributed by atoms with Gasteiger partial charge in [0.15, 0.2) is 0 Å². The summed E-state index contributed by atoms with van der Waals surface area (Å²) in [6, 6.07) is 12.4. The number of nitrogens with one attached hydrogen (secondary N) is 4. The van der Waals surface area contributed by atoms with Crippen LogP contribution >= 0.6 is 0 Å². The average molecular weight is 336 g/mol. The zero-order chi connectivity index (χ0) is 17.4. The molecule has 25 heavy (non-hydrogen) atoms. The number of rotatable bonds is 3. The lowest BCUT2D eigenvalue weighted by Gasteiger charge is -2.27. The van der Waals surface area contributed by atoms with Gasteiger partial charge in [0.1, 0.15) is 6.04 Å². The lowest BCUT2D eigenvalue weighted by Crippen LogP contribution is -2.40. The van der Waals surface area contributed by atoms with Crippen molar-refractivity contribution in [1.82, 2.24) is 10.5 Å². The number of para-hydroxylation sites is 1. The second-order valence-electron chi connectivity index (χ2n) is 5.95. The number of carbonyl (C=O) groups is 2. The van der Waals surface area contributed by atoms with E-state index < -0.39 is 11.9 Å². The minimum Gasteiger partial charge on any atom is -0.372 e. The number of carbonyl (C=O) groups excluding carboxylic acids is 2. The van der Waals surface area contributed by atoms with Gasteiger partial charge in [-0.2, -0.15) is 0 Å². The van der Waals surface area contributed by atoms with Gasteiger partial charge in [0.2, 0.25) is 5.91 Å². The number of hydrogen-bond donors (Lipinski definition) is 5. The number of amides is 2. The van der Waals surface area contributed by atoms with Crippen LogP contribution in [-0.2, 0) is 11.2 Å². The van der Waals surface area contributed by atoms with Gasteiger partial charge in [-0.15, -0.1) is 0 Å². The van der Waals surface area contributed by atoms with Gasteiger partial charge in [-0.3, -0.25) is 14.8 Å². The Hall–Kier alpha value is -3.32. The summed E-state index contributed by atoms with van der Waals surface area (Å²) >= 11 is 0. The number of hydroxylamine groups is 1. The number of hydrogen-bond acceptors (Lipinski definition) is 4. The van der Waals surface area contributed by atoms with Crippen LogP contribution in [-0.4, -0.2) is 28.0 Å². The van der Waals surface area contributed by atoms with E-state index in [1.54, 1.807) is 17.6 Å². The molecule has 3 aromatic rings. The van der Waals surface area contributed by atoms with Crippen molar-refractivity contribution in [1.29, 1.82) is 0 Å². The van der Waals surface area contributed by atoms with E-state index in [1.807, 2.05) is 30.5 Å². The van der Waals surface area contributed by atoms with Crippen LogP contribution in [0, 0.1) is 0 Å². The Morgan fingerprint density at radius 3 is 2.84 bits per heavy atom. The molecule has 0 unspecified atom stereocenters. The van der Waals surface area contributed by atoms with Crippen molar-refractivity contribution in [2.24, 2.45) is 0 Å². The van der Waals surface area contributed by atoms with Crippen LogP contribution in [0.25, 0.3) is 10.9 Å². The van der Waals surface area contributed by atoms with Crippen LogP contribution in [0.2, 0.25) is 0 Å². The highest BCUT2D eigenvalue weighted by molar-refractivity contribution is 6.05. The predicted octanol–water partition coefficient (Wildman–Crippen LogP) is 2.26. The van der Waals surface area contributed by atoms with E-state index in [9.17, 15) is 9.59 Å². The molecule has 0 radical (unpaired) electrons. The highest BCUT2D eigenvalue weighted by Gasteiger charge is 2.27. The van der Waals surface area contributed by atoms with Gasteiger partial charge < -0.3 is 15.6 Å². The summed E-state index contributed by atoms with van der Waals surface area (Å²) in [5.74, 6) is -0.794. The van der Waals surface area contributed by atoms with Crippen LogP contribution in [0.3, 0.4) is 0 Å². The van der Waals surface area contributed by atoms with Crippen molar-refractivity contribution < 1.29 is 14.8 Å². The van der Waals surface area contributed by atoms with Gasteiger partial charge in [-0.05, 0) is 29.8 Å². The Kier molecular flexibility index (Phi) is 3.62. The summed E-state index contributed by atoms with van der Waals surface area (Å²) in [6.45, 7) is 0. The van der Waals surface area contributed by atoms with Crippen LogP contribution in [0.15, 0.2) is 48.7 Å². The summed E-state index contributed by atoms with van der Waals surface area (Å²) in [6.07, 6.45) is 2.46. The molecule has 7 heteroatoms. The molecule has 2 aromatic carbocycles. The van der Waals surface area contributed by atoms with E-state index in [-0.39, 0.29) is 11.5 Å². The van der Waals surface area contributed by atoms with Gasteiger partial charge in [-0.25, -0.2) is 5.48 Å². The first-order valence-corrected chi connectivity index (χ1v) is 7.86. The SMILES string of the molecule is O=C(NO)c1ccc2c(c1)NC(=O)[C@H](Cc1c[nH]c3ccccc13)N2. The molecule has 0 aliphatic carbocycles. The molecule has 2 heterocycles. The molecule has 0 bridgehead atoms. The molecular weight excluding hydrogens is 320 g/mol. The number of aromatic nitrogens is 1. The molecule has 0 saturated carbocycles. The molecule has 5 N–H and O–H groups in total. The van der Waals surface area contributed by atoms with Gasteiger partial charge in [0.25, 0.3) is 5.91 Å². The fourth-order valence-electron chi connectivity index (χ4n) is 3.12. The monoisotopic (exact) mass is 336 g/mol. The van der Waals surface area contributed by atoms with Crippen molar-refractivity contribution >= 4 is 34.1 Å². The van der Waals surface area contributed by atoms with E-state index in [0.717, 1.165) is 22.2 Å². The first-order valence-electron chi connectivity index (χ1n) is 7.86. The summed E-state index contributed by atoms with van der Waals surface area (Å²) in [5, 5.41) is 15.8. The number of fused-ring (bicyclic) bond motifs is 2. The van der Waals surface area contributed by atoms with E-state index in [2.05, 4.69) is 15.6 Å². The standard InChI is InChI=1S/C18H16N4O3/c23-17(22-25)10-5-6-14-15(7-10)21-18(24)16(20-14)8-11-9-19-13-4-2-1-3-12(11)13/h1-7,9,16,19-20,25H,8H2,(H,21,24)(H,22,23)/t16-/m0/s1. The molecule has 2 amide bonds. The van der Waals surface area contributed by atoms with E-state index in [1.165, 1.54) is 6.07 Å². The van der Waals surface area contributed by atoms with E-state index in [4.69, 9.17) is 5.21 Å². The number of H-pyrrole nitrogens is 1. The lowest BCUT2D eigenvalue weighted by molar-refractivity contribution is -0.117. The summed E-state index contributed by atoms with van der Waals surface area (Å²) in [4.78, 5) is 27.1. The normalized spacial score (nSPS) is 16.0. The number of anilines is 2. The maximum absolute atomic E-state index is 12.4. The first-order chi connectivity index (χ1) is 12.2. The number of aromatic amines is 1. The molecule has 0 fully saturated rings. The number of benzene rings is 2. The molecular formula is C18H16N4O3. The quantitative estimate of drug-likeness (QED) is 0.374. The molecule has 0 saturated heterocycles. The van der Waals surface area contributed by atoms with Gasteiger partial charge in [-0.1, -0.05) is 18.2 Å². The largest absolute Gasteiger partial charge is 0.372 e. The maximum Gasteiger partial charge on any atom is 0.274 e. The fourth-order valence-corrected chi connectivity index (χ4v) is 3.12. The molecule has 4 rings (SSSR count). The molecule has 1 aliphatic heterocycles. The molecule has 1 aromatic heterocycles. The lowest BCUT2D eigenvalue weighted by atomic mass is 10.0. The van der Waals surface area contributed by atoms with Gasteiger partial charge >= 0.3 is 0 Å². The predicted molar refractivity (Wildman–Crippen MR) is 93.7 cm³/mol. The molecule has 1 atom stereocenters. The smallest absolute Gasteiger partial charge is 0.274 e. The van der Waals surface area contributed by atoms with Crippen LogP contribution < -0.4 is 16.1 Å². The van der Waals surface area contributed by atoms with Crippen molar-refractivity contribution in [3.05, 3.63) is 59.8 Å². The fraction of sp³-hybridized carbons (Fsp3) is 0.111. The summed E-state index contributed by atoms with van der Waals surface area (Å²) in [5.41, 5.74) is 5.19. The molecule has 7 nitrogen and oxygen atoms in total. The van der Waals surface area contributed by atoms with Crippen molar-refractivity contribution in [3.63, 3.8) is 0 Å². The average Bonchev–Trinajstić information content (AvgIpc) is 3.04. The first kappa shape index (κ1) is 15.2. The van der Waals surface area contributed by atoms with Gasteiger partial charge in [0.05, 0.1) is 11.4 Å². The van der Waals surface area contributed by atoms with E-state index >= 15 is 0 Å². The highest BCUT2D eigenvalue weighted by Crippen LogP contribution is 2.29. The summed E-state index contributed by atoms with van der Waals surface area (Å²) < 4.78 is 0. The minimum absolute atomic E-state index is 0.167. The second kappa shape index (κ2) is 5.95. The Labute approximate surface area is 143 Å². The highest BCUT2D eigenvalue weighted by atomic mass is 16.5.